The molecule has 1 saturated heterocycles. The van der Waals surface area contributed by atoms with Gasteiger partial charge >= 0.3 is 6.09 Å². The summed E-state index contributed by atoms with van der Waals surface area (Å²) in [4.78, 5) is 42.9. The fraction of sp³-hybridized carbons (Fsp3) is 0.370. The number of nitrogens with zero attached hydrogens (tertiary/aromatic N) is 4. The Kier molecular flexibility index (Phi) is 7.65. The highest BCUT2D eigenvalue weighted by Gasteiger charge is 2.28. The van der Waals surface area contributed by atoms with Crippen molar-refractivity contribution in [2.24, 2.45) is 0 Å². The number of ether oxygens (including phenoxy) is 1. The van der Waals surface area contributed by atoms with Crippen molar-refractivity contribution in [2.75, 3.05) is 29.5 Å². The van der Waals surface area contributed by atoms with E-state index in [4.69, 9.17) is 10.5 Å². The monoisotopic (exact) mass is 519 g/mol. The van der Waals surface area contributed by atoms with Crippen molar-refractivity contribution >= 4 is 35.1 Å². The molecular weight excluding hydrogens is 486 g/mol. The SMILES string of the molecule is CC(=O)Nc1ccccc1NC(=O)c1cc(-c2cnn(C3CCN(C(=O)OC(C)(C)C)CC3)c2)cnc1N. The summed E-state index contributed by atoms with van der Waals surface area (Å²) in [6, 6.07) is 8.71. The second kappa shape index (κ2) is 10.9. The third kappa shape index (κ3) is 6.47. The number of carbonyl (C=O) groups excluding carboxylic acids is 3. The number of rotatable bonds is 5. The number of nitrogen functional groups attached to an aromatic ring is 1. The van der Waals surface area contributed by atoms with Crippen LogP contribution >= 0.6 is 0 Å². The number of pyridine rings is 1. The number of carbonyl (C=O) groups is 3. The average molecular weight is 520 g/mol. The van der Waals surface area contributed by atoms with Crippen molar-refractivity contribution < 1.29 is 19.1 Å². The molecule has 0 unspecified atom stereocenters. The number of hydrogen-bond acceptors (Lipinski definition) is 7. The lowest BCUT2D eigenvalue weighted by Gasteiger charge is -2.33. The molecule has 0 spiro atoms. The summed E-state index contributed by atoms with van der Waals surface area (Å²) in [5.41, 5.74) is 8.13. The Labute approximate surface area is 221 Å². The van der Waals surface area contributed by atoms with Crippen molar-refractivity contribution in [3.05, 3.63) is 54.5 Å². The van der Waals surface area contributed by atoms with Gasteiger partial charge in [0.15, 0.2) is 0 Å². The molecule has 1 aliphatic rings. The van der Waals surface area contributed by atoms with Gasteiger partial charge in [-0.15, -0.1) is 0 Å². The summed E-state index contributed by atoms with van der Waals surface area (Å²) in [5, 5.41) is 10.0. The summed E-state index contributed by atoms with van der Waals surface area (Å²) in [6.07, 6.45) is 6.44. The van der Waals surface area contributed by atoms with E-state index in [0.29, 0.717) is 30.0 Å². The van der Waals surface area contributed by atoms with Gasteiger partial charge in [0.05, 0.1) is 29.2 Å². The topological polar surface area (TPSA) is 144 Å². The van der Waals surface area contributed by atoms with E-state index in [1.807, 2.05) is 31.6 Å². The van der Waals surface area contributed by atoms with E-state index in [9.17, 15) is 14.4 Å². The van der Waals surface area contributed by atoms with Gasteiger partial charge in [-0.2, -0.15) is 5.10 Å². The summed E-state index contributed by atoms with van der Waals surface area (Å²) >= 11 is 0. The predicted octanol–water partition coefficient (Wildman–Crippen LogP) is 4.31. The van der Waals surface area contributed by atoms with Crippen molar-refractivity contribution in [1.29, 1.82) is 0 Å². The van der Waals surface area contributed by atoms with E-state index >= 15 is 0 Å². The van der Waals surface area contributed by atoms with Gasteiger partial charge in [-0.25, -0.2) is 9.78 Å². The van der Waals surface area contributed by atoms with Gasteiger partial charge in [0.2, 0.25) is 5.91 Å². The molecule has 4 rings (SSSR count). The van der Waals surface area contributed by atoms with E-state index < -0.39 is 11.5 Å². The molecule has 1 fully saturated rings. The molecule has 3 aromatic rings. The minimum Gasteiger partial charge on any atom is -0.444 e. The third-order valence-electron chi connectivity index (χ3n) is 6.07. The van der Waals surface area contributed by atoms with Gasteiger partial charge < -0.3 is 26.0 Å². The molecule has 1 aliphatic heterocycles. The lowest BCUT2D eigenvalue weighted by Crippen LogP contribution is -2.42. The largest absolute Gasteiger partial charge is 0.444 e. The molecule has 1 aromatic carbocycles. The highest BCUT2D eigenvalue weighted by Crippen LogP contribution is 2.28. The molecule has 38 heavy (non-hydrogen) atoms. The summed E-state index contributed by atoms with van der Waals surface area (Å²) in [5.74, 6) is -0.607. The number of nitrogens with one attached hydrogen (secondary N) is 2. The zero-order chi connectivity index (χ0) is 27.4. The van der Waals surface area contributed by atoms with Crippen LogP contribution in [0, 0.1) is 0 Å². The third-order valence-corrected chi connectivity index (χ3v) is 6.07. The molecule has 3 heterocycles. The molecule has 0 saturated carbocycles. The molecule has 0 bridgehead atoms. The van der Waals surface area contributed by atoms with E-state index in [1.54, 1.807) is 47.6 Å². The van der Waals surface area contributed by atoms with Crippen LogP contribution in [0.2, 0.25) is 0 Å². The minimum atomic E-state index is -0.525. The molecule has 0 aliphatic carbocycles. The minimum absolute atomic E-state index is 0.0881. The van der Waals surface area contributed by atoms with Crippen molar-refractivity contribution in [3.8, 4) is 11.1 Å². The van der Waals surface area contributed by atoms with Crippen LogP contribution in [0.1, 0.15) is 56.9 Å². The van der Waals surface area contributed by atoms with Gasteiger partial charge in [0.1, 0.15) is 11.4 Å². The van der Waals surface area contributed by atoms with Crippen LogP contribution in [-0.2, 0) is 9.53 Å². The van der Waals surface area contributed by atoms with Crippen LogP contribution in [0.25, 0.3) is 11.1 Å². The van der Waals surface area contributed by atoms with Gasteiger partial charge in [0.25, 0.3) is 5.91 Å². The number of hydrogen-bond donors (Lipinski definition) is 3. The zero-order valence-electron chi connectivity index (χ0n) is 22.0. The average Bonchev–Trinajstić information content (AvgIpc) is 3.34. The number of aromatic nitrogens is 3. The van der Waals surface area contributed by atoms with E-state index in [-0.39, 0.29) is 29.4 Å². The number of benzene rings is 1. The maximum Gasteiger partial charge on any atom is 0.410 e. The van der Waals surface area contributed by atoms with Crippen LogP contribution in [-0.4, -0.2) is 56.3 Å². The summed E-state index contributed by atoms with van der Waals surface area (Å²) in [7, 11) is 0. The van der Waals surface area contributed by atoms with E-state index in [0.717, 1.165) is 18.4 Å². The standard InChI is InChI=1S/C27H33N7O4/c1-17(35)31-22-7-5-6-8-23(22)32-25(36)21-13-18(14-29-24(21)28)19-15-30-34(16-19)20-9-11-33(12-10-20)26(37)38-27(2,3)4/h5-8,13-16,20H,9-12H2,1-4H3,(H2,28,29)(H,31,35)(H,32,36). The quantitative estimate of drug-likeness (QED) is 0.455. The first-order valence-electron chi connectivity index (χ1n) is 12.5. The summed E-state index contributed by atoms with van der Waals surface area (Å²) in [6.45, 7) is 8.14. The smallest absolute Gasteiger partial charge is 0.410 e. The van der Waals surface area contributed by atoms with Crippen LogP contribution in [0.5, 0.6) is 0 Å². The Hall–Kier alpha value is -4.41. The zero-order valence-corrected chi connectivity index (χ0v) is 22.0. The van der Waals surface area contributed by atoms with E-state index in [2.05, 4.69) is 20.7 Å². The Bertz CT molecular complexity index is 1340. The number of anilines is 3. The Morgan fingerprint density at radius 1 is 1.03 bits per heavy atom. The lowest BCUT2D eigenvalue weighted by atomic mass is 10.1. The second-order valence-electron chi connectivity index (χ2n) is 10.2. The van der Waals surface area contributed by atoms with Crippen LogP contribution < -0.4 is 16.4 Å². The maximum atomic E-state index is 13.1. The highest BCUT2D eigenvalue weighted by molar-refractivity contribution is 6.10. The number of para-hydroxylation sites is 2. The highest BCUT2D eigenvalue weighted by atomic mass is 16.6. The molecule has 4 N–H and O–H groups in total. The van der Waals surface area contributed by atoms with Crippen LogP contribution in [0.3, 0.4) is 0 Å². The van der Waals surface area contributed by atoms with Crippen molar-refractivity contribution in [1.82, 2.24) is 19.7 Å². The van der Waals surface area contributed by atoms with E-state index in [1.165, 1.54) is 6.92 Å². The number of piperidine rings is 1. The first kappa shape index (κ1) is 26.6. The Morgan fingerprint density at radius 3 is 2.32 bits per heavy atom. The molecule has 3 amide bonds. The molecule has 0 radical (unpaired) electrons. The number of amides is 3. The van der Waals surface area contributed by atoms with Gasteiger partial charge in [-0.1, -0.05) is 12.1 Å². The van der Waals surface area contributed by atoms with Crippen LogP contribution in [0.4, 0.5) is 22.0 Å². The molecular formula is C27H33N7O4. The number of likely N-dealkylation sites (tertiary alicyclic amines) is 1. The van der Waals surface area contributed by atoms with Gasteiger partial charge in [0, 0.05) is 43.5 Å². The fourth-order valence-corrected chi connectivity index (χ4v) is 4.22. The molecule has 0 atom stereocenters. The maximum absolute atomic E-state index is 13.1. The normalized spacial score (nSPS) is 14.2. The fourth-order valence-electron chi connectivity index (χ4n) is 4.22. The van der Waals surface area contributed by atoms with Crippen molar-refractivity contribution in [3.63, 3.8) is 0 Å². The van der Waals surface area contributed by atoms with Gasteiger partial charge in [-0.05, 0) is 51.8 Å². The first-order valence-corrected chi connectivity index (χ1v) is 12.5. The number of nitrogens with two attached hydrogens (primary N) is 1. The Balaban J connectivity index is 1.45. The predicted molar refractivity (Wildman–Crippen MR) is 145 cm³/mol. The molecule has 11 heteroatoms. The van der Waals surface area contributed by atoms with Crippen LogP contribution in [0.15, 0.2) is 48.9 Å². The Morgan fingerprint density at radius 2 is 1.68 bits per heavy atom. The molecule has 11 nitrogen and oxygen atoms in total. The molecule has 2 aromatic heterocycles. The second-order valence-corrected chi connectivity index (χ2v) is 10.2. The first-order chi connectivity index (χ1) is 18.0. The lowest BCUT2D eigenvalue weighted by molar-refractivity contribution is -0.114. The van der Waals surface area contributed by atoms with Gasteiger partial charge in [-0.3, -0.25) is 14.3 Å². The van der Waals surface area contributed by atoms with Crippen molar-refractivity contribution in [2.45, 2.75) is 52.2 Å². The molecule has 200 valence electrons. The summed E-state index contributed by atoms with van der Waals surface area (Å²) < 4.78 is 7.37.